The first kappa shape index (κ1) is 22.8. The molecule has 1 atom stereocenters. The lowest BCUT2D eigenvalue weighted by Crippen LogP contribution is -2.48. The number of hydrogen-bond donors (Lipinski definition) is 1. The Hall–Kier alpha value is -4.33. The van der Waals surface area contributed by atoms with Crippen molar-refractivity contribution in [1.82, 2.24) is 4.90 Å². The lowest BCUT2D eigenvalue weighted by Gasteiger charge is -2.26. The van der Waals surface area contributed by atoms with Crippen LogP contribution >= 0.6 is 0 Å². The molecule has 0 bridgehead atoms. The van der Waals surface area contributed by atoms with Gasteiger partial charge in [-0.1, -0.05) is 49.4 Å². The molecule has 172 valence electrons. The predicted molar refractivity (Wildman–Crippen MR) is 127 cm³/mol. The Morgan fingerprint density at radius 1 is 0.971 bits per heavy atom. The van der Waals surface area contributed by atoms with E-state index in [1.54, 1.807) is 24.3 Å². The monoisotopic (exact) mass is 457 g/mol. The highest BCUT2D eigenvalue weighted by Crippen LogP contribution is 2.28. The Kier molecular flexibility index (Phi) is 6.23. The molecule has 8 nitrogen and oxygen atoms in total. The fraction of sp³-hybridized carbons (Fsp3) is 0.192. The maximum Gasteiger partial charge on any atom is 0.269 e. The first-order chi connectivity index (χ1) is 16.3. The van der Waals surface area contributed by atoms with Crippen molar-refractivity contribution in [3.63, 3.8) is 0 Å². The highest BCUT2D eigenvalue weighted by atomic mass is 16.6. The molecule has 34 heavy (non-hydrogen) atoms. The third-order valence-corrected chi connectivity index (χ3v) is 6.00. The molecule has 0 aromatic heterocycles. The Bertz CT molecular complexity index is 1270. The van der Waals surface area contributed by atoms with E-state index < -0.39 is 28.7 Å². The number of fused-ring (bicyclic) bond motifs is 1. The molecular formula is C26H23N3O5. The van der Waals surface area contributed by atoms with Crippen LogP contribution in [0.1, 0.15) is 44.3 Å². The van der Waals surface area contributed by atoms with Crippen LogP contribution in [-0.2, 0) is 17.6 Å². The molecule has 1 aliphatic heterocycles. The second-order valence-electron chi connectivity index (χ2n) is 8.12. The van der Waals surface area contributed by atoms with Crippen molar-refractivity contribution in [3.05, 3.63) is 105 Å². The van der Waals surface area contributed by atoms with E-state index in [4.69, 9.17) is 0 Å². The van der Waals surface area contributed by atoms with Gasteiger partial charge in [0.25, 0.3) is 17.5 Å². The lowest BCUT2D eigenvalue weighted by atomic mass is 10.0. The van der Waals surface area contributed by atoms with Gasteiger partial charge in [-0.3, -0.25) is 29.4 Å². The second-order valence-corrected chi connectivity index (χ2v) is 8.12. The molecule has 0 unspecified atom stereocenters. The predicted octanol–water partition coefficient (Wildman–Crippen LogP) is 4.31. The zero-order valence-corrected chi connectivity index (χ0v) is 18.8. The Balaban J connectivity index is 1.71. The number of amides is 3. The summed E-state index contributed by atoms with van der Waals surface area (Å²) in [6.45, 7) is 3.85. The second kappa shape index (κ2) is 9.27. The van der Waals surface area contributed by atoms with Crippen LogP contribution in [0.5, 0.6) is 0 Å². The van der Waals surface area contributed by atoms with Crippen molar-refractivity contribution in [2.45, 2.75) is 32.7 Å². The summed E-state index contributed by atoms with van der Waals surface area (Å²) in [5.41, 5.74) is 3.45. The first-order valence-corrected chi connectivity index (χ1v) is 10.9. The number of nitro groups is 1. The molecule has 1 aliphatic rings. The highest BCUT2D eigenvalue weighted by Gasteiger charge is 2.42. The zero-order chi connectivity index (χ0) is 24.4. The summed E-state index contributed by atoms with van der Waals surface area (Å²) >= 11 is 0. The molecule has 0 radical (unpaired) electrons. The SMILES string of the molecule is CCc1cccc(C)c1NC(=O)[C@H](Cc1ccc([N+](=O)[O-])cc1)N1C(=O)c2ccccc2C1=O. The number of carbonyl (C=O) groups excluding carboxylic acids is 3. The zero-order valence-electron chi connectivity index (χ0n) is 18.8. The number of imide groups is 1. The molecule has 0 saturated carbocycles. The van der Waals surface area contributed by atoms with E-state index in [9.17, 15) is 24.5 Å². The van der Waals surface area contributed by atoms with Crippen LogP contribution in [-0.4, -0.2) is 33.6 Å². The summed E-state index contributed by atoms with van der Waals surface area (Å²) in [7, 11) is 0. The minimum atomic E-state index is -1.14. The molecule has 1 heterocycles. The van der Waals surface area contributed by atoms with Gasteiger partial charge in [0, 0.05) is 24.2 Å². The average molecular weight is 457 g/mol. The number of aryl methyl sites for hydroxylation is 2. The standard InChI is InChI=1S/C26H23N3O5/c1-3-18-8-6-7-16(2)23(18)27-24(30)22(15-17-11-13-19(14-12-17)29(33)34)28-25(31)20-9-4-5-10-21(20)26(28)32/h4-14,22H,3,15H2,1-2H3,(H,27,30)/t22-/m0/s1. The summed E-state index contributed by atoms with van der Waals surface area (Å²) in [6, 6.07) is 16.7. The maximum atomic E-state index is 13.6. The Morgan fingerprint density at radius 2 is 1.59 bits per heavy atom. The number of non-ortho nitro benzene ring substituents is 1. The molecule has 3 amide bonds. The molecule has 3 aromatic carbocycles. The number of anilines is 1. The van der Waals surface area contributed by atoms with E-state index in [2.05, 4.69) is 5.32 Å². The average Bonchev–Trinajstić information content (AvgIpc) is 3.09. The topological polar surface area (TPSA) is 110 Å². The number of para-hydroxylation sites is 1. The Labute approximate surface area is 196 Å². The third kappa shape index (κ3) is 4.17. The highest BCUT2D eigenvalue weighted by molar-refractivity contribution is 6.23. The van der Waals surface area contributed by atoms with Crippen molar-refractivity contribution in [3.8, 4) is 0 Å². The summed E-state index contributed by atoms with van der Waals surface area (Å²) in [5, 5.41) is 13.9. The van der Waals surface area contributed by atoms with Gasteiger partial charge in [0.2, 0.25) is 5.91 Å². The fourth-order valence-corrected chi connectivity index (χ4v) is 4.18. The molecule has 4 rings (SSSR count). The van der Waals surface area contributed by atoms with Gasteiger partial charge in [-0.05, 0) is 42.2 Å². The van der Waals surface area contributed by atoms with Crippen molar-refractivity contribution in [2.75, 3.05) is 5.32 Å². The van der Waals surface area contributed by atoms with E-state index in [-0.39, 0.29) is 23.2 Å². The van der Waals surface area contributed by atoms with Gasteiger partial charge in [-0.2, -0.15) is 0 Å². The van der Waals surface area contributed by atoms with Gasteiger partial charge in [0.1, 0.15) is 6.04 Å². The van der Waals surface area contributed by atoms with Crippen molar-refractivity contribution in [2.24, 2.45) is 0 Å². The van der Waals surface area contributed by atoms with E-state index in [0.717, 1.165) is 16.0 Å². The van der Waals surface area contributed by atoms with Crippen LogP contribution in [0.15, 0.2) is 66.7 Å². The largest absolute Gasteiger partial charge is 0.324 e. The van der Waals surface area contributed by atoms with E-state index in [0.29, 0.717) is 17.7 Å². The molecule has 0 aliphatic carbocycles. The molecule has 0 spiro atoms. The van der Waals surface area contributed by atoms with Gasteiger partial charge in [-0.25, -0.2) is 0 Å². The molecule has 0 fully saturated rings. The van der Waals surface area contributed by atoms with Gasteiger partial charge in [0.15, 0.2) is 0 Å². The van der Waals surface area contributed by atoms with Gasteiger partial charge >= 0.3 is 0 Å². The normalized spacial score (nSPS) is 13.5. The van der Waals surface area contributed by atoms with E-state index >= 15 is 0 Å². The van der Waals surface area contributed by atoms with Crippen molar-refractivity contribution >= 4 is 29.1 Å². The number of hydrogen-bond acceptors (Lipinski definition) is 5. The number of benzene rings is 3. The van der Waals surface area contributed by atoms with Crippen molar-refractivity contribution < 1.29 is 19.3 Å². The van der Waals surface area contributed by atoms with Gasteiger partial charge in [0.05, 0.1) is 16.1 Å². The molecule has 8 heteroatoms. The van der Waals surface area contributed by atoms with Gasteiger partial charge in [-0.15, -0.1) is 0 Å². The van der Waals surface area contributed by atoms with Crippen LogP contribution in [0.2, 0.25) is 0 Å². The molecular weight excluding hydrogens is 434 g/mol. The van der Waals surface area contributed by atoms with Crippen LogP contribution < -0.4 is 5.32 Å². The first-order valence-electron chi connectivity index (χ1n) is 10.9. The minimum absolute atomic E-state index is 0.0165. The quantitative estimate of drug-likeness (QED) is 0.323. The summed E-state index contributed by atoms with van der Waals surface area (Å²) in [5.74, 6) is -1.58. The lowest BCUT2D eigenvalue weighted by molar-refractivity contribution is -0.384. The fourth-order valence-electron chi connectivity index (χ4n) is 4.18. The van der Waals surface area contributed by atoms with Gasteiger partial charge < -0.3 is 5.32 Å². The van der Waals surface area contributed by atoms with Crippen LogP contribution in [0.4, 0.5) is 11.4 Å². The number of carbonyl (C=O) groups is 3. The number of nitrogens with zero attached hydrogens (tertiary/aromatic N) is 2. The molecule has 3 aromatic rings. The van der Waals surface area contributed by atoms with E-state index in [1.165, 1.54) is 24.3 Å². The Morgan fingerprint density at radius 3 is 2.15 bits per heavy atom. The minimum Gasteiger partial charge on any atom is -0.324 e. The molecule has 0 saturated heterocycles. The summed E-state index contributed by atoms with van der Waals surface area (Å²) < 4.78 is 0. The van der Waals surface area contributed by atoms with Crippen molar-refractivity contribution in [1.29, 1.82) is 0 Å². The summed E-state index contributed by atoms with van der Waals surface area (Å²) in [4.78, 5) is 51.4. The summed E-state index contributed by atoms with van der Waals surface area (Å²) in [6.07, 6.45) is 0.708. The maximum absolute atomic E-state index is 13.6. The number of rotatable bonds is 7. The smallest absolute Gasteiger partial charge is 0.269 e. The number of nitro benzene ring substituents is 1. The number of nitrogens with one attached hydrogen (secondary N) is 1. The van der Waals surface area contributed by atoms with Crippen LogP contribution in [0.3, 0.4) is 0 Å². The van der Waals surface area contributed by atoms with E-state index in [1.807, 2.05) is 32.0 Å². The van der Waals surface area contributed by atoms with Crippen LogP contribution in [0, 0.1) is 17.0 Å². The third-order valence-electron chi connectivity index (χ3n) is 6.00. The molecule has 1 N–H and O–H groups in total. The van der Waals surface area contributed by atoms with Crippen LogP contribution in [0.25, 0.3) is 0 Å².